The van der Waals surface area contributed by atoms with Crippen LogP contribution in [0.2, 0.25) is 0 Å². The molecule has 1 radical (unpaired) electrons. The molecule has 10 rings (SSSR count). The number of hydrogen-bond donors (Lipinski definition) is 0. The van der Waals surface area contributed by atoms with Gasteiger partial charge in [-0.1, -0.05) is 99.9 Å². The van der Waals surface area contributed by atoms with Gasteiger partial charge in [-0.3, -0.25) is 0 Å². The van der Waals surface area contributed by atoms with Crippen LogP contribution in [0.1, 0.15) is 97.7 Å². The molecule has 4 nitrogen and oxygen atoms in total. The second kappa shape index (κ2) is 20.2. The Balaban J connectivity index is 0.000000157. The van der Waals surface area contributed by atoms with Gasteiger partial charge in [0.1, 0.15) is 0 Å². The summed E-state index contributed by atoms with van der Waals surface area (Å²) in [5, 5.41) is 16.6. The fourth-order valence-corrected chi connectivity index (χ4v) is 8.40. The van der Waals surface area contributed by atoms with E-state index in [1.54, 1.807) is 0 Å². The van der Waals surface area contributed by atoms with Crippen molar-refractivity contribution in [2.24, 2.45) is 0 Å². The Morgan fingerprint density at radius 2 is 0.911 bits per heavy atom. The molecule has 0 N–H and O–H groups in total. The molecule has 7 aromatic rings. The van der Waals surface area contributed by atoms with Gasteiger partial charge in [0.05, 0.1) is 11.0 Å². The molecule has 3 aliphatic rings. The van der Waals surface area contributed by atoms with Crippen molar-refractivity contribution in [3.63, 3.8) is 0 Å². The van der Waals surface area contributed by atoms with Gasteiger partial charge in [0.15, 0.2) is 0 Å². The fourth-order valence-electron chi connectivity index (χ4n) is 8.40. The first kappa shape index (κ1) is 39.9. The number of fused-ring (bicyclic) bond motifs is 3. The van der Waals surface area contributed by atoms with Gasteiger partial charge in [-0.05, 0) is 35.7 Å². The number of rotatable bonds is 5. The molecule has 4 atom stereocenters. The molecule has 0 aliphatic carbocycles. The van der Waals surface area contributed by atoms with E-state index in [4.69, 9.17) is 5.32 Å². The van der Waals surface area contributed by atoms with Gasteiger partial charge in [-0.15, -0.1) is 37.8 Å². The summed E-state index contributed by atoms with van der Waals surface area (Å²) in [7, 11) is 0. The molecular formula is C51H50IrN4-6. The first-order valence-electron chi connectivity index (χ1n) is 20.3. The van der Waals surface area contributed by atoms with E-state index in [0.29, 0.717) is 18.0 Å². The molecular weight excluding hydrogens is 861 g/mol. The summed E-state index contributed by atoms with van der Waals surface area (Å²) in [5.41, 5.74) is 8.89. The Kier molecular flexibility index (Phi) is 14.4. The SMILES string of the molecule is [Ir].[c-]1ccccc1C1CC(c2ccc(-n3c4ccccc4c4ccccc43)cc2)CC[N-]1.[c-]1ccccc1C1CCCC[N-]1.[c-]1ccccc1C1CCCC[N-]1. The molecule has 4 heterocycles. The summed E-state index contributed by atoms with van der Waals surface area (Å²) in [4.78, 5) is 0. The maximum atomic E-state index is 4.87. The second-order valence-corrected chi connectivity index (χ2v) is 14.9. The summed E-state index contributed by atoms with van der Waals surface area (Å²) in [6.45, 7) is 2.99. The number of benzene rings is 6. The smallest absolute Gasteiger partial charge is 0.0541 e. The molecule has 0 bridgehead atoms. The standard InChI is InChI=1S/C29H24N2.2C11H13N.Ir/c1-2-8-22(9-3-1)27-20-23(18-19-30-27)21-14-16-24(17-15-21)31-28-12-6-4-10-25(28)26-11-5-7-13-29(26)31;2*1-2-6-10(7-3-1)11-8-4-5-9-12-11;/h1-8,10-17,23,27H,18-20H2;2*1-3,6,11H,4-5,8-9H2;/q3*-2;. The number of piperidine rings is 3. The molecule has 0 spiro atoms. The van der Waals surface area contributed by atoms with Crippen LogP contribution in [0.5, 0.6) is 0 Å². The van der Waals surface area contributed by atoms with E-state index in [9.17, 15) is 0 Å². The molecule has 56 heavy (non-hydrogen) atoms. The third-order valence-corrected chi connectivity index (χ3v) is 11.3. The molecule has 6 aromatic carbocycles. The third-order valence-electron chi connectivity index (χ3n) is 11.3. The summed E-state index contributed by atoms with van der Waals surface area (Å²) in [5.74, 6) is 0.545. The summed E-state index contributed by atoms with van der Waals surface area (Å²) in [6.07, 6.45) is 9.77. The van der Waals surface area contributed by atoms with Crippen molar-refractivity contribution in [1.82, 2.24) is 4.57 Å². The van der Waals surface area contributed by atoms with E-state index < -0.39 is 0 Å². The van der Waals surface area contributed by atoms with E-state index in [-0.39, 0.29) is 26.1 Å². The molecule has 3 fully saturated rings. The van der Waals surface area contributed by atoms with E-state index in [1.807, 2.05) is 36.4 Å². The van der Waals surface area contributed by atoms with Gasteiger partial charge in [-0.2, -0.15) is 108 Å². The van der Waals surface area contributed by atoms with Crippen LogP contribution in [-0.4, -0.2) is 24.2 Å². The monoisotopic (exact) mass is 911 g/mol. The molecule has 0 amide bonds. The van der Waals surface area contributed by atoms with Crippen LogP contribution in [0.3, 0.4) is 0 Å². The minimum Gasteiger partial charge on any atom is -0.657 e. The first-order chi connectivity index (χ1) is 27.3. The van der Waals surface area contributed by atoms with Crippen molar-refractivity contribution in [3.05, 3.63) is 202 Å². The maximum absolute atomic E-state index is 4.87. The molecule has 3 aliphatic heterocycles. The predicted octanol–water partition coefficient (Wildman–Crippen LogP) is 13.7. The van der Waals surface area contributed by atoms with Crippen LogP contribution < -0.4 is 0 Å². The topological polar surface area (TPSA) is 47.2 Å². The second-order valence-electron chi connectivity index (χ2n) is 14.9. The van der Waals surface area contributed by atoms with E-state index in [1.165, 1.54) is 88.3 Å². The zero-order valence-corrected chi connectivity index (χ0v) is 34.5. The third kappa shape index (κ3) is 9.77. The Morgan fingerprint density at radius 1 is 0.446 bits per heavy atom. The number of para-hydroxylation sites is 2. The minimum absolute atomic E-state index is 0. The van der Waals surface area contributed by atoms with Gasteiger partial charge in [0.25, 0.3) is 0 Å². The van der Waals surface area contributed by atoms with Crippen molar-refractivity contribution in [2.75, 3.05) is 19.6 Å². The van der Waals surface area contributed by atoms with Crippen LogP contribution in [0.15, 0.2) is 146 Å². The Morgan fingerprint density at radius 3 is 1.38 bits per heavy atom. The van der Waals surface area contributed by atoms with E-state index in [2.05, 4.69) is 143 Å². The molecule has 1 aromatic heterocycles. The van der Waals surface area contributed by atoms with E-state index >= 15 is 0 Å². The minimum atomic E-state index is 0. The van der Waals surface area contributed by atoms with Crippen LogP contribution in [0, 0.1) is 18.2 Å². The number of nitrogens with zero attached hydrogens (tertiary/aromatic N) is 4. The van der Waals surface area contributed by atoms with Crippen LogP contribution in [0.4, 0.5) is 0 Å². The number of hydrogen-bond acceptors (Lipinski definition) is 0. The molecule has 4 unspecified atom stereocenters. The van der Waals surface area contributed by atoms with Crippen molar-refractivity contribution < 1.29 is 20.1 Å². The molecule has 0 saturated carbocycles. The van der Waals surface area contributed by atoms with Crippen LogP contribution in [0.25, 0.3) is 43.4 Å². The quantitative estimate of drug-likeness (QED) is 0.155. The van der Waals surface area contributed by atoms with Crippen LogP contribution in [-0.2, 0) is 20.1 Å². The van der Waals surface area contributed by atoms with Gasteiger partial charge in [0.2, 0.25) is 0 Å². The zero-order chi connectivity index (χ0) is 37.1. The summed E-state index contributed by atoms with van der Waals surface area (Å²) < 4.78 is 2.38. The fraction of sp³-hybridized carbons (Fsp3) is 0.294. The van der Waals surface area contributed by atoms with Crippen LogP contribution >= 0.6 is 0 Å². The number of aromatic nitrogens is 1. The first-order valence-corrected chi connectivity index (χ1v) is 20.3. The summed E-state index contributed by atoms with van der Waals surface area (Å²) >= 11 is 0. The van der Waals surface area contributed by atoms with Gasteiger partial charge in [-0.25, -0.2) is 0 Å². The van der Waals surface area contributed by atoms with Crippen molar-refractivity contribution >= 4 is 21.8 Å². The zero-order valence-electron chi connectivity index (χ0n) is 32.1. The van der Waals surface area contributed by atoms with Gasteiger partial charge in [0, 0.05) is 36.6 Å². The Labute approximate surface area is 347 Å². The van der Waals surface area contributed by atoms with Crippen molar-refractivity contribution in [3.8, 4) is 5.69 Å². The van der Waals surface area contributed by atoms with Gasteiger partial charge >= 0.3 is 0 Å². The predicted molar refractivity (Wildman–Crippen MR) is 229 cm³/mol. The van der Waals surface area contributed by atoms with E-state index in [0.717, 1.165) is 32.5 Å². The Hall–Kier alpha value is -4.35. The largest absolute Gasteiger partial charge is 0.657 e. The molecule has 3 saturated heterocycles. The van der Waals surface area contributed by atoms with Crippen molar-refractivity contribution in [1.29, 1.82) is 0 Å². The molecule has 5 heteroatoms. The normalized spacial score (nSPS) is 20.8. The average molecular weight is 911 g/mol. The Bertz CT molecular complexity index is 2080. The average Bonchev–Trinajstić information content (AvgIpc) is 3.63. The van der Waals surface area contributed by atoms with Gasteiger partial charge < -0.3 is 20.5 Å². The molecule has 289 valence electrons. The maximum Gasteiger partial charge on any atom is 0.0541 e. The summed E-state index contributed by atoms with van der Waals surface area (Å²) in [6, 6.07) is 62.1. The van der Waals surface area contributed by atoms with Crippen molar-refractivity contribution in [2.45, 2.75) is 75.4 Å².